The molecule has 0 amide bonds. The maximum absolute atomic E-state index is 12.3. The summed E-state index contributed by atoms with van der Waals surface area (Å²) in [5, 5.41) is 38.0. The van der Waals surface area contributed by atoms with Crippen molar-refractivity contribution in [1.29, 1.82) is 0 Å². The van der Waals surface area contributed by atoms with Crippen LogP contribution in [0, 0.1) is 0 Å². The van der Waals surface area contributed by atoms with E-state index in [2.05, 4.69) is 16.0 Å². The Bertz CT molecular complexity index is 1810. The second kappa shape index (κ2) is 15.4. The number of anilines is 3. The average Bonchev–Trinajstić information content (AvgIpc) is 2.94. The van der Waals surface area contributed by atoms with Crippen molar-refractivity contribution in [2.75, 3.05) is 75.5 Å². The van der Waals surface area contributed by atoms with Gasteiger partial charge in [-0.25, -0.2) is 0 Å². The molecular formula is C22H31N3O19S3. The summed E-state index contributed by atoms with van der Waals surface area (Å²) in [5.41, 5.74) is -1.67. The number of phenolic OH excluding ortho intramolecular Hbond substituents is 2. The molecule has 266 valence electrons. The van der Waals surface area contributed by atoms with Gasteiger partial charge in [0.2, 0.25) is 11.5 Å². The van der Waals surface area contributed by atoms with Crippen LogP contribution in [0.5, 0.6) is 46.0 Å². The number of phenols is 2. The molecular weight excluding hydrogens is 706 g/mol. The molecule has 9 N–H and O–H groups in total. The molecule has 0 aliphatic heterocycles. The molecule has 2 aromatic carbocycles. The van der Waals surface area contributed by atoms with E-state index in [4.69, 9.17) is 37.8 Å². The first-order valence-electron chi connectivity index (χ1n) is 12.4. The minimum Gasteiger partial charge on any atom is -0.504 e. The van der Waals surface area contributed by atoms with E-state index in [9.17, 15) is 49.9 Å². The number of hydrogen-bond acceptors (Lipinski definition) is 18. The van der Waals surface area contributed by atoms with Gasteiger partial charge in [-0.2, -0.15) is 25.3 Å². The standard InChI is InChI=1S/C22H31N3O19S3/c1-39-17-12(24-6-8-46(33,34)35)16(13(25-9-10(26)27)18(40-2)15(17)29)43-44-20-19(41-3)11(23-5-7-45(30,31)32)14(28)22(21(20)42-4)47(36,37)38/h23-25,28-29H,5-9H2,1-4H3,(H,26,27)(H,30,31,32)(H,33,34,35)(H,36,37,38). The molecule has 0 radical (unpaired) electrons. The van der Waals surface area contributed by atoms with Gasteiger partial charge in [0.1, 0.15) is 23.6 Å². The maximum Gasteiger partial charge on any atom is 0.322 e. The zero-order chi connectivity index (χ0) is 35.9. The van der Waals surface area contributed by atoms with Crippen LogP contribution in [0.25, 0.3) is 0 Å². The topological polar surface area (TPSA) is 332 Å². The molecule has 0 saturated carbocycles. The predicted molar refractivity (Wildman–Crippen MR) is 159 cm³/mol. The number of aromatic hydroxyl groups is 2. The Morgan fingerprint density at radius 2 is 1.02 bits per heavy atom. The van der Waals surface area contributed by atoms with E-state index < -0.39 is 135 Å². The first-order valence-corrected chi connectivity index (χ1v) is 17.1. The molecule has 25 heteroatoms. The van der Waals surface area contributed by atoms with Gasteiger partial charge < -0.3 is 50.2 Å². The lowest BCUT2D eigenvalue weighted by Crippen LogP contribution is -2.19. The van der Waals surface area contributed by atoms with E-state index >= 15 is 0 Å². The van der Waals surface area contributed by atoms with E-state index in [1.807, 2.05) is 0 Å². The second-order valence-corrected chi connectivity index (χ2v) is 13.3. The Kier molecular flexibility index (Phi) is 12.6. The lowest BCUT2D eigenvalue weighted by molar-refractivity contribution is -0.134. The number of carboxylic acids is 1. The van der Waals surface area contributed by atoms with Crippen molar-refractivity contribution in [3.05, 3.63) is 0 Å². The quantitative estimate of drug-likeness (QED) is 0.0391. The van der Waals surface area contributed by atoms with Gasteiger partial charge in [-0.05, 0) is 0 Å². The van der Waals surface area contributed by atoms with Crippen LogP contribution in [0.1, 0.15) is 0 Å². The fraction of sp³-hybridized carbons (Fsp3) is 0.409. The van der Waals surface area contributed by atoms with Crippen molar-refractivity contribution < 1.29 is 87.7 Å². The molecule has 22 nitrogen and oxygen atoms in total. The van der Waals surface area contributed by atoms with Crippen LogP contribution in [-0.4, -0.2) is 120 Å². The van der Waals surface area contributed by atoms with Crippen LogP contribution in [0.3, 0.4) is 0 Å². The summed E-state index contributed by atoms with van der Waals surface area (Å²) in [7, 11) is -10.6. The van der Waals surface area contributed by atoms with Crippen molar-refractivity contribution in [2.45, 2.75) is 4.90 Å². The number of rotatable bonds is 19. The van der Waals surface area contributed by atoms with Crippen LogP contribution < -0.4 is 44.7 Å². The smallest absolute Gasteiger partial charge is 0.322 e. The highest BCUT2D eigenvalue weighted by Crippen LogP contribution is 2.57. The normalized spacial score (nSPS) is 11.7. The van der Waals surface area contributed by atoms with Crippen molar-refractivity contribution >= 4 is 53.4 Å². The Balaban J connectivity index is 2.93. The lowest BCUT2D eigenvalue weighted by Gasteiger charge is -2.24. The molecule has 0 bridgehead atoms. The third kappa shape index (κ3) is 9.72. The van der Waals surface area contributed by atoms with E-state index in [0.717, 1.165) is 28.4 Å². The molecule has 0 atom stereocenters. The SMILES string of the molecule is COc1c(O)c(OC)c(NCC(=O)O)c(OOc2c(OC)c(NCCS(=O)(=O)O)c(O)c(S(=O)(=O)O)c2OC)c1NCCS(=O)(=O)O. The van der Waals surface area contributed by atoms with Gasteiger partial charge >= 0.3 is 16.1 Å². The summed E-state index contributed by atoms with van der Waals surface area (Å²) >= 11 is 0. The number of benzene rings is 2. The summed E-state index contributed by atoms with van der Waals surface area (Å²) < 4.78 is 118. The number of methoxy groups -OCH3 is 4. The minimum atomic E-state index is -5.39. The predicted octanol–water partition coefficient (Wildman–Crippen LogP) is -0.152. The highest BCUT2D eigenvalue weighted by Gasteiger charge is 2.36. The lowest BCUT2D eigenvalue weighted by atomic mass is 10.1. The molecule has 2 aromatic rings. The molecule has 0 heterocycles. The molecule has 0 fully saturated rings. The summed E-state index contributed by atoms with van der Waals surface area (Å²) in [6.07, 6.45) is 0. The van der Waals surface area contributed by atoms with Gasteiger partial charge in [0.25, 0.3) is 26.0 Å². The molecule has 47 heavy (non-hydrogen) atoms. The molecule has 0 aromatic heterocycles. The number of aliphatic carboxylic acids is 1. The van der Waals surface area contributed by atoms with Crippen molar-refractivity contribution in [1.82, 2.24) is 0 Å². The second-order valence-electron chi connectivity index (χ2n) is 8.76. The van der Waals surface area contributed by atoms with Crippen molar-refractivity contribution in [3.63, 3.8) is 0 Å². The number of carboxylic acid groups (broad SMARTS) is 1. The van der Waals surface area contributed by atoms with Crippen molar-refractivity contribution in [2.24, 2.45) is 0 Å². The number of hydrogen-bond donors (Lipinski definition) is 9. The summed E-state index contributed by atoms with van der Waals surface area (Å²) in [5.74, 6) is -9.51. The van der Waals surface area contributed by atoms with E-state index in [1.54, 1.807) is 0 Å². The van der Waals surface area contributed by atoms with Gasteiger partial charge in [0.15, 0.2) is 33.6 Å². The maximum atomic E-state index is 12.3. The first kappa shape index (κ1) is 38.6. The van der Waals surface area contributed by atoms with Crippen LogP contribution in [-0.2, 0) is 35.1 Å². The van der Waals surface area contributed by atoms with Gasteiger partial charge in [-0.1, -0.05) is 0 Å². The van der Waals surface area contributed by atoms with Crippen LogP contribution in [0.15, 0.2) is 4.90 Å². The van der Waals surface area contributed by atoms with Crippen LogP contribution in [0.4, 0.5) is 17.1 Å². The summed E-state index contributed by atoms with van der Waals surface area (Å²) in [4.78, 5) is 20.8. The molecule has 0 aliphatic carbocycles. The zero-order valence-electron chi connectivity index (χ0n) is 24.8. The molecule has 0 saturated heterocycles. The number of ether oxygens (including phenoxy) is 4. The monoisotopic (exact) mass is 737 g/mol. The van der Waals surface area contributed by atoms with Gasteiger partial charge in [0.05, 0.1) is 39.9 Å². The van der Waals surface area contributed by atoms with E-state index in [1.165, 1.54) is 0 Å². The average molecular weight is 738 g/mol. The highest BCUT2D eigenvalue weighted by atomic mass is 32.2. The molecule has 0 spiro atoms. The van der Waals surface area contributed by atoms with E-state index in [0.29, 0.717) is 0 Å². The van der Waals surface area contributed by atoms with Gasteiger partial charge in [-0.3, -0.25) is 28.2 Å². The first-order chi connectivity index (χ1) is 21.7. The number of nitrogens with one attached hydrogen (secondary N) is 3. The Hall–Kier alpha value is -4.56. The van der Waals surface area contributed by atoms with Gasteiger partial charge in [0, 0.05) is 13.1 Å². The Morgan fingerprint density at radius 3 is 1.43 bits per heavy atom. The fourth-order valence-corrected chi connectivity index (χ4v) is 5.31. The minimum absolute atomic E-state index is 0.458. The fourth-order valence-electron chi connectivity index (χ4n) is 3.84. The molecule has 2 rings (SSSR count). The van der Waals surface area contributed by atoms with E-state index in [-0.39, 0.29) is 0 Å². The van der Waals surface area contributed by atoms with Crippen LogP contribution >= 0.6 is 0 Å². The largest absolute Gasteiger partial charge is 0.504 e. The third-order valence-corrected chi connectivity index (χ3v) is 7.99. The van der Waals surface area contributed by atoms with Gasteiger partial charge in [-0.15, -0.1) is 0 Å². The highest BCUT2D eigenvalue weighted by molar-refractivity contribution is 7.86. The summed E-state index contributed by atoms with van der Waals surface area (Å²) in [6.45, 7) is -2.11. The van der Waals surface area contributed by atoms with Crippen molar-refractivity contribution in [3.8, 4) is 46.0 Å². The third-order valence-electron chi connectivity index (χ3n) is 5.66. The molecule has 0 unspecified atom stereocenters. The Labute approximate surface area is 267 Å². The Morgan fingerprint density at radius 1 is 0.596 bits per heavy atom. The number of carbonyl (C=O) groups is 1. The summed E-state index contributed by atoms with van der Waals surface area (Å²) in [6, 6.07) is 0. The zero-order valence-corrected chi connectivity index (χ0v) is 27.2. The molecule has 0 aliphatic rings. The van der Waals surface area contributed by atoms with Crippen LogP contribution in [0.2, 0.25) is 0 Å².